The fraction of sp³-hybridized carbons (Fsp3) is 0.333. The van der Waals surface area contributed by atoms with Gasteiger partial charge in [-0.3, -0.25) is 4.98 Å². The smallest absolute Gasteiger partial charge is 0.150 e. The molecule has 1 spiro atoms. The van der Waals surface area contributed by atoms with Crippen LogP contribution in [0.2, 0.25) is 0 Å². The average molecular weight is 306 g/mol. The van der Waals surface area contributed by atoms with Crippen LogP contribution in [0.1, 0.15) is 35.8 Å². The molecule has 3 heterocycles. The number of nitrogens with one attached hydrogen (secondary N) is 1. The van der Waals surface area contributed by atoms with Crippen molar-refractivity contribution < 1.29 is 4.74 Å². The Hall–Kier alpha value is -2.58. The minimum atomic E-state index is -0.197. The molecule has 2 aromatic rings. The van der Waals surface area contributed by atoms with Crippen LogP contribution in [0.3, 0.4) is 0 Å². The van der Waals surface area contributed by atoms with Gasteiger partial charge in [0.1, 0.15) is 11.8 Å². The van der Waals surface area contributed by atoms with Crippen LogP contribution in [0.5, 0.6) is 5.75 Å². The Morgan fingerprint density at radius 3 is 2.87 bits per heavy atom. The van der Waals surface area contributed by atoms with Gasteiger partial charge in [0.15, 0.2) is 6.10 Å². The second-order valence-electron chi connectivity index (χ2n) is 6.21. The summed E-state index contributed by atoms with van der Waals surface area (Å²) in [5.74, 6) is 0.714. The first-order valence-electron chi connectivity index (χ1n) is 7.87. The lowest BCUT2D eigenvalue weighted by atomic mass is 9.69. The first kappa shape index (κ1) is 14.0. The van der Waals surface area contributed by atoms with E-state index in [9.17, 15) is 5.26 Å². The zero-order chi connectivity index (χ0) is 15.9. The van der Waals surface area contributed by atoms with Gasteiger partial charge >= 0.3 is 0 Å². The SMILES string of the molecule is N#Cc1cccc2c1O[C@@H](c1cc(N)ccn1)C21CCNCC1. The zero-order valence-electron chi connectivity index (χ0n) is 12.7. The van der Waals surface area contributed by atoms with Gasteiger partial charge in [0.2, 0.25) is 0 Å². The van der Waals surface area contributed by atoms with E-state index in [1.807, 2.05) is 18.2 Å². The fourth-order valence-corrected chi connectivity index (χ4v) is 3.87. The van der Waals surface area contributed by atoms with E-state index >= 15 is 0 Å². The van der Waals surface area contributed by atoms with E-state index in [1.54, 1.807) is 12.3 Å². The maximum Gasteiger partial charge on any atom is 0.150 e. The third-order valence-electron chi connectivity index (χ3n) is 4.98. The molecule has 5 heteroatoms. The van der Waals surface area contributed by atoms with Gasteiger partial charge in [0, 0.05) is 22.9 Å². The molecule has 1 atom stereocenters. The van der Waals surface area contributed by atoms with Crippen LogP contribution in [0.15, 0.2) is 36.5 Å². The van der Waals surface area contributed by atoms with Gasteiger partial charge in [-0.1, -0.05) is 12.1 Å². The number of anilines is 1. The third-order valence-corrected chi connectivity index (χ3v) is 4.98. The number of piperidine rings is 1. The fourth-order valence-electron chi connectivity index (χ4n) is 3.87. The van der Waals surface area contributed by atoms with E-state index < -0.39 is 0 Å². The first-order chi connectivity index (χ1) is 11.2. The van der Waals surface area contributed by atoms with E-state index in [1.165, 1.54) is 0 Å². The molecular formula is C18H18N4O. The summed E-state index contributed by atoms with van der Waals surface area (Å²) in [6, 6.07) is 11.8. The minimum Gasteiger partial charge on any atom is -0.481 e. The molecule has 116 valence electrons. The van der Waals surface area contributed by atoms with Crippen LogP contribution in [-0.2, 0) is 5.41 Å². The molecule has 1 saturated heterocycles. The standard InChI is InChI=1S/C18H18N4O/c19-11-12-2-1-3-14-16(12)23-17(15-10-13(20)4-7-22-15)18(14)5-8-21-9-6-18/h1-4,7,10,17,21H,5-6,8-9H2,(H2,20,22)/t17-/m0/s1. The molecule has 5 nitrogen and oxygen atoms in total. The van der Waals surface area contributed by atoms with Crippen molar-refractivity contribution in [2.24, 2.45) is 0 Å². The van der Waals surface area contributed by atoms with E-state index in [2.05, 4.69) is 22.4 Å². The topological polar surface area (TPSA) is 84.0 Å². The third kappa shape index (κ3) is 2.07. The number of pyridine rings is 1. The predicted octanol–water partition coefficient (Wildman–Crippen LogP) is 2.29. The van der Waals surface area contributed by atoms with Crippen LogP contribution in [-0.4, -0.2) is 18.1 Å². The average Bonchev–Trinajstić information content (AvgIpc) is 2.90. The molecule has 3 N–H and O–H groups in total. The normalized spacial score (nSPS) is 21.4. The van der Waals surface area contributed by atoms with Crippen molar-refractivity contribution in [2.45, 2.75) is 24.4 Å². The summed E-state index contributed by atoms with van der Waals surface area (Å²) in [6.07, 6.45) is 3.43. The second kappa shape index (κ2) is 5.25. The lowest BCUT2D eigenvalue weighted by molar-refractivity contribution is 0.115. The molecule has 0 radical (unpaired) electrons. The van der Waals surface area contributed by atoms with E-state index in [4.69, 9.17) is 10.5 Å². The number of hydrogen-bond acceptors (Lipinski definition) is 5. The van der Waals surface area contributed by atoms with Crippen LogP contribution in [0.25, 0.3) is 0 Å². The van der Waals surface area contributed by atoms with Crippen LogP contribution >= 0.6 is 0 Å². The molecule has 0 amide bonds. The summed E-state index contributed by atoms with van der Waals surface area (Å²) in [5, 5.41) is 12.8. The number of nitrogens with zero attached hydrogens (tertiary/aromatic N) is 2. The largest absolute Gasteiger partial charge is 0.481 e. The molecule has 23 heavy (non-hydrogen) atoms. The Labute approximate surface area is 135 Å². The van der Waals surface area contributed by atoms with E-state index in [0.29, 0.717) is 17.0 Å². The Balaban J connectivity index is 1.89. The quantitative estimate of drug-likeness (QED) is 0.844. The maximum absolute atomic E-state index is 9.41. The predicted molar refractivity (Wildman–Crippen MR) is 87.0 cm³/mol. The van der Waals surface area contributed by atoms with Gasteiger partial charge < -0.3 is 15.8 Å². The Morgan fingerprint density at radius 1 is 1.30 bits per heavy atom. The van der Waals surface area contributed by atoms with Crippen molar-refractivity contribution in [3.63, 3.8) is 0 Å². The molecule has 1 fully saturated rings. The first-order valence-corrected chi connectivity index (χ1v) is 7.87. The molecule has 2 aliphatic rings. The summed E-state index contributed by atoms with van der Waals surface area (Å²) in [7, 11) is 0. The number of rotatable bonds is 1. The number of aromatic nitrogens is 1. The summed E-state index contributed by atoms with van der Waals surface area (Å²) >= 11 is 0. The summed E-state index contributed by atoms with van der Waals surface area (Å²) in [6.45, 7) is 1.86. The van der Waals surface area contributed by atoms with Crippen molar-refractivity contribution in [3.05, 3.63) is 53.3 Å². The van der Waals surface area contributed by atoms with Gasteiger partial charge in [-0.2, -0.15) is 5.26 Å². The second-order valence-corrected chi connectivity index (χ2v) is 6.21. The lowest BCUT2D eigenvalue weighted by Crippen LogP contribution is -2.43. The van der Waals surface area contributed by atoms with Crippen LogP contribution < -0.4 is 15.8 Å². The Kier molecular flexibility index (Phi) is 3.21. The van der Waals surface area contributed by atoms with Crippen molar-refractivity contribution >= 4 is 5.69 Å². The summed E-state index contributed by atoms with van der Waals surface area (Å²) in [4.78, 5) is 4.50. The monoisotopic (exact) mass is 306 g/mol. The number of para-hydroxylation sites is 1. The van der Waals surface area contributed by atoms with Gasteiger partial charge in [-0.15, -0.1) is 0 Å². The van der Waals surface area contributed by atoms with Gasteiger partial charge in [-0.25, -0.2) is 0 Å². The Morgan fingerprint density at radius 2 is 2.13 bits per heavy atom. The highest BCUT2D eigenvalue weighted by Gasteiger charge is 2.51. The van der Waals surface area contributed by atoms with Gasteiger partial charge in [-0.05, 0) is 44.1 Å². The number of nitrogens with two attached hydrogens (primary N) is 1. The van der Waals surface area contributed by atoms with E-state index in [0.717, 1.165) is 37.2 Å². The molecule has 1 aromatic carbocycles. The molecular weight excluding hydrogens is 288 g/mol. The van der Waals surface area contributed by atoms with Crippen LogP contribution in [0.4, 0.5) is 5.69 Å². The highest BCUT2D eigenvalue weighted by Crippen LogP contribution is 2.55. The molecule has 1 aromatic heterocycles. The molecule has 4 rings (SSSR count). The van der Waals surface area contributed by atoms with Crippen molar-refractivity contribution in [1.82, 2.24) is 10.3 Å². The summed E-state index contributed by atoms with van der Waals surface area (Å²) < 4.78 is 6.30. The number of nitriles is 1. The maximum atomic E-state index is 9.41. The molecule has 0 bridgehead atoms. The highest BCUT2D eigenvalue weighted by molar-refractivity contribution is 5.56. The lowest BCUT2D eigenvalue weighted by Gasteiger charge is -2.37. The number of benzene rings is 1. The van der Waals surface area contributed by atoms with Crippen molar-refractivity contribution in [2.75, 3.05) is 18.8 Å². The minimum absolute atomic E-state index is 0.145. The molecule has 2 aliphatic heterocycles. The molecule has 0 saturated carbocycles. The van der Waals surface area contributed by atoms with Gasteiger partial charge in [0.05, 0.1) is 11.3 Å². The summed E-state index contributed by atoms with van der Waals surface area (Å²) in [5.41, 5.74) is 9.04. The number of fused-ring (bicyclic) bond motifs is 2. The Bertz CT molecular complexity index is 790. The molecule has 0 aliphatic carbocycles. The number of ether oxygens (including phenoxy) is 1. The van der Waals surface area contributed by atoms with E-state index in [-0.39, 0.29) is 11.5 Å². The van der Waals surface area contributed by atoms with Crippen molar-refractivity contribution in [3.8, 4) is 11.8 Å². The zero-order valence-corrected chi connectivity index (χ0v) is 12.7. The number of nitrogen functional groups attached to an aromatic ring is 1. The van der Waals surface area contributed by atoms with Crippen LogP contribution in [0, 0.1) is 11.3 Å². The molecule has 0 unspecified atom stereocenters. The van der Waals surface area contributed by atoms with Crippen molar-refractivity contribution in [1.29, 1.82) is 5.26 Å². The van der Waals surface area contributed by atoms with Gasteiger partial charge in [0.25, 0.3) is 0 Å². The number of hydrogen-bond donors (Lipinski definition) is 2. The highest BCUT2D eigenvalue weighted by atomic mass is 16.5.